The van der Waals surface area contributed by atoms with Gasteiger partial charge in [-0.15, -0.1) is 0 Å². The van der Waals surface area contributed by atoms with Crippen LogP contribution in [0.2, 0.25) is 0 Å². The average molecular weight is 451 g/mol. The van der Waals surface area contributed by atoms with E-state index in [1.807, 2.05) is 32.2 Å². The first-order valence-corrected chi connectivity index (χ1v) is 11.3. The molecule has 1 aromatic carbocycles. The van der Waals surface area contributed by atoms with Crippen molar-refractivity contribution in [3.63, 3.8) is 0 Å². The third kappa shape index (κ3) is 5.89. The second kappa shape index (κ2) is 9.22. The standard InChI is InChI=1S/C23H34N10/c1-14-7-8-16(19-25-15(2)31-32-19)11-18(14)27-21-28-20(26-17-9-10-24-12-17)29-22(30-21)33(6)13-23(3,4)5/h7-8,11,17,24,31H,2,9-10,12-13H2,1,3-6H3,(H,25,32)(H2,26,27,28,29,30)/t17-/m1/s1. The van der Waals surface area contributed by atoms with Gasteiger partial charge < -0.3 is 20.9 Å². The molecule has 0 aliphatic carbocycles. The number of aromatic nitrogens is 3. The SMILES string of the molecule is C=C1N=C(c2ccc(C)c(Nc3nc(N[C@@H]4CCNC4)nc(N(C)CC(C)(C)C)n3)c2)NN1. The van der Waals surface area contributed by atoms with Crippen LogP contribution in [0.4, 0.5) is 23.5 Å². The Balaban J connectivity index is 1.63. The summed E-state index contributed by atoms with van der Waals surface area (Å²) in [7, 11) is 2.01. The highest BCUT2D eigenvalue weighted by Crippen LogP contribution is 2.24. The van der Waals surface area contributed by atoms with Crippen LogP contribution >= 0.6 is 0 Å². The summed E-state index contributed by atoms with van der Waals surface area (Å²) >= 11 is 0. The maximum absolute atomic E-state index is 4.73. The molecule has 0 saturated carbocycles. The van der Waals surface area contributed by atoms with Gasteiger partial charge in [0.15, 0.2) is 5.84 Å². The predicted octanol–water partition coefficient (Wildman–Crippen LogP) is 2.51. The quantitative estimate of drug-likeness (QED) is 0.434. The smallest absolute Gasteiger partial charge is 0.233 e. The van der Waals surface area contributed by atoms with Crippen molar-refractivity contribution >= 4 is 29.4 Å². The molecule has 2 aliphatic rings. The summed E-state index contributed by atoms with van der Waals surface area (Å²) in [5, 5.41) is 10.2. The van der Waals surface area contributed by atoms with Gasteiger partial charge in [0.2, 0.25) is 17.8 Å². The fourth-order valence-electron chi connectivity index (χ4n) is 3.88. The number of rotatable bonds is 7. The Morgan fingerprint density at radius 3 is 2.61 bits per heavy atom. The van der Waals surface area contributed by atoms with E-state index in [-0.39, 0.29) is 5.41 Å². The lowest BCUT2D eigenvalue weighted by atomic mass is 9.96. The van der Waals surface area contributed by atoms with Gasteiger partial charge in [0.1, 0.15) is 5.82 Å². The molecule has 10 heteroatoms. The molecule has 33 heavy (non-hydrogen) atoms. The van der Waals surface area contributed by atoms with Crippen LogP contribution in [0.1, 0.15) is 38.3 Å². The molecule has 3 heterocycles. The van der Waals surface area contributed by atoms with Crippen molar-refractivity contribution in [3.05, 3.63) is 41.7 Å². The zero-order valence-electron chi connectivity index (χ0n) is 20.1. The molecule has 2 aliphatic heterocycles. The minimum absolute atomic E-state index is 0.107. The molecule has 1 atom stereocenters. The first kappa shape index (κ1) is 22.8. The van der Waals surface area contributed by atoms with E-state index in [0.717, 1.165) is 48.7 Å². The molecule has 1 saturated heterocycles. The summed E-state index contributed by atoms with van der Waals surface area (Å²) in [4.78, 5) is 20.6. The predicted molar refractivity (Wildman–Crippen MR) is 134 cm³/mol. The van der Waals surface area contributed by atoms with Gasteiger partial charge in [-0.05, 0) is 36.9 Å². The lowest BCUT2D eigenvalue weighted by Gasteiger charge is -2.27. The van der Waals surface area contributed by atoms with Crippen molar-refractivity contribution in [1.29, 1.82) is 0 Å². The number of hydrogen-bond acceptors (Lipinski definition) is 10. The van der Waals surface area contributed by atoms with Crippen molar-refractivity contribution in [2.45, 2.75) is 40.2 Å². The highest BCUT2D eigenvalue weighted by Gasteiger charge is 2.20. The molecule has 0 unspecified atom stereocenters. The highest BCUT2D eigenvalue weighted by atomic mass is 15.5. The maximum Gasteiger partial charge on any atom is 0.233 e. The zero-order valence-corrected chi connectivity index (χ0v) is 20.1. The molecule has 1 fully saturated rings. The Morgan fingerprint density at radius 2 is 1.94 bits per heavy atom. The van der Waals surface area contributed by atoms with Gasteiger partial charge >= 0.3 is 0 Å². The highest BCUT2D eigenvalue weighted by molar-refractivity contribution is 6.01. The molecule has 4 rings (SSSR count). The molecular weight excluding hydrogens is 416 g/mol. The molecule has 0 amide bonds. The molecule has 1 aromatic heterocycles. The van der Waals surface area contributed by atoms with Gasteiger partial charge in [-0.2, -0.15) is 15.0 Å². The number of nitrogens with one attached hydrogen (secondary N) is 5. The number of benzene rings is 1. The Hall–Kier alpha value is -3.40. The van der Waals surface area contributed by atoms with E-state index in [2.05, 4.69) is 69.0 Å². The van der Waals surface area contributed by atoms with Gasteiger partial charge in [0.25, 0.3) is 0 Å². The molecule has 176 valence electrons. The fourth-order valence-corrected chi connectivity index (χ4v) is 3.88. The lowest BCUT2D eigenvalue weighted by molar-refractivity contribution is 0.416. The summed E-state index contributed by atoms with van der Waals surface area (Å²) < 4.78 is 0. The summed E-state index contributed by atoms with van der Waals surface area (Å²) in [6.07, 6.45) is 1.04. The Morgan fingerprint density at radius 1 is 1.15 bits per heavy atom. The van der Waals surface area contributed by atoms with Crippen LogP contribution in [0.15, 0.2) is 35.6 Å². The summed E-state index contributed by atoms with van der Waals surface area (Å²) in [5.74, 6) is 3.01. The zero-order chi connectivity index (χ0) is 23.6. The van der Waals surface area contributed by atoms with Gasteiger partial charge in [-0.25, -0.2) is 4.99 Å². The largest absolute Gasteiger partial charge is 0.350 e. The Bertz CT molecular complexity index is 1050. The molecule has 0 spiro atoms. The van der Waals surface area contributed by atoms with Crippen molar-refractivity contribution in [3.8, 4) is 0 Å². The second-order valence-electron chi connectivity index (χ2n) is 9.85. The van der Waals surface area contributed by atoms with Gasteiger partial charge in [0, 0.05) is 37.4 Å². The Labute approximate surface area is 195 Å². The molecule has 2 aromatic rings. The number of aliphatic imine (C=N–C) groups is 1. The van der Waals surface area contributed by atoms with E-state index in [1.54, 1.807) is 0 Å². The number of nitrogens with zero attached hydrogens (tertiary/aromatic N) is 5. The van der Waals surface area contributed by atoms with Crippen LogP contribution in [0, 0.1) is 12.3 Å². The maximum atomic E-state index is 4.73. The minimum Gasteiger partial charge on any atom is -0.350 e. The molecule has 10 nitrogen and oxygen atoms in total. The van der Waals surface area contributed by atoms with E-state index in [0.29, 0.717) is 29.7 Å². The molecular formula is C23H34N10. The topological polar surface area (TPSA) is 114 Å². The number of anilines is 4. The van der Waals surface area contributed by atoms with Crippen LogP contribution in [-0.2, 0) is 0 Å². The third-order valence-corrected chi connectivity index (χ3v) is 5.40. The Kier molecular flexibility index (Phi) is 6.37. The summed E-state index contributed by atoms with van der Waals surface area (Å²) in [6.45, 7) is 15.2. The molecule has 0 radical (unpaired) electrons. The lowest BCUT2D eigenvalue weighted by Crippen LogP contribution is -2.31. The fraction of sp³-hybridized carbons (Fsp3) is 0.478. The van der Waals surface area contributed by atoms with Crippen molar-refractivity contribution < 1.29 is 0 Å². The minimum atomic E-state index is 0.107. The van der Waals surface area contributed by atoms with Crippen molar-refractivity contribution in [2.75, 3.05) is 42.2 Å². The number of hydrazine groups is 1. The van der Waals surface area contributed by atoms with E-state index in [9.17, 15) is 0 Å². The van der Waals surface area contributed by atoms with Crippen molar-refractivity contribution in [2.24, 2.45) is 10.4 Å². The number of aryl methyl sites for hydroxylation is 1. The van der Waals surface area contributed by atoms with Crippen LogP contribution in [0.25, 0.3) is 0 Å². The molecule has 5 N–H and O–H groups in total. The van der Waals surface area contributed by atoms with Crippen LogP contribution < -0.4 is 31.7 Å². The first-order valence-electron chi connectivity index (χ1n) is 11.3. The first-order chi connectivity index (χ1) is 15.7. The monoisotopic (exact) mass is 450 g/mol. The third-order valence-electron chi connectivity index (χ3n) is 5.40. The molecule has 0 bridgehead atoms. The van der Waals surface area contributed by atoms with E-state index >= 15 is 0 Å². The second-order valence-corrected chi connectivity index (χ2v) is 9.85. The van der Waals surface area contributed by atoms with Gasteiger partial charge in [-0.3, -0.25) is 10.9 Å². The van der Waals surface area contributed by atoms with Gasteiger partial charge in [-0.1, -0.05) is 39.5 Å². The van der Waals surface area contributed by atoms with Gasteiger partial charge in [0.05, 0.1) is 0 Å². The van der Waals surface area contributed by atoms with Crippen LogP contribution in [0.5, 0.6) is 0 Å². The summed E-state index contributed by atoms with van der Waals surface area (Å²) in [6, 6.07) is 6.39. The van der Waals surface area contributed by atoms with E-state index in [1.165, 1.54) is 0 Å². The number of amidine groups is 1. The van der Waals surface area contributed by atoms with Crippen LogP contribution in [-0.4, -0.2) is 53.5 Å². The normalized spacial score (nSPS) is 17.9. The van der Waals surface area contributed by atoms with E-state index < -0.39 is 0 Å². The van der Waals surface area contributed by atoms with Crippen LogP contribution in [0.3, 0.4) is 0 Å². The van der Waals surface area contributed by atoms with E-state index in [4.69, 9.17) is 9.97 Å². The van der Waals surface area contributed by atoms with Crippen molar-refractivity contribution in [1.82, 2.24) is 31.1 Å². The summed E-state index contributed by atoms with van der Waals surface area (Å²) in [5.41, 5.74) is 8.96. The average Bonchev–Trinajstić information content (AvgIpc) is 3.40. The number of hydrogen-bond donors (Lipinski definition) is 5.